The summed E-state index contributed by atoms with van der Waals surface area (Å²) in [5, 5.41) is 9.30. The van der Waals surface area contributed by atoms with Crippen LogP contribution in [0, 0.1) is 0 Å². The molecule has 1 rings (SSSR count). The van der Waals surface area contributed by atoms with Crippen molar-refractivity contribution in [1.29, 1.82) is 0 Å². The average molecular weight is 152 g/mol. The van der Waals surface area contributed by atoms with Gasteiger partial charge in [-0.3, -0.25) is 0 Å². The second-order valence-corrected chi connectivity index (χ2v) is 2.61. The van der Waals surface area contributed by atoms with Gasteiger partial charge in [-0.2, -0.15) is 0 Å². The van der Waals surface area contributed by atoms with Crippen LogP contribution in [0.4, 0.5) is 5.69 Å². The molecule has 0 aromatic heterocycles. The smallest absolute Gasteiger partial charge is 0.122 e. The Morgan fingerprint density at radius 3 is 2.55 bits per heavy atom. The Morgan fingerprint density at radius 1 is 1.45 bits per heavy atom. The van der Waals surface area contributed by atoms with Crippen molar-refractivity contribution in [3.8, 4) is 5.75 Å². The van der Waals surface area contributed by atoms with E-state index in [2.05, 4.69) is 0 Å². The van der Waals surface area contributed by atoms with Gasteiger partial charge in [-0.05, 0) is 13.0 Å². The van der Waals surface area contributed by atoms with Crippen molar-refractivity contribution in [3.05, 3.63) is 23.8 Å². The standard InChI is InChI=1S/C8H12N2O/c1-5(9)7-3-2-6(10)4-8(7)11/h2-5,11H,9-10H2,1H3/t5-/m1/s1. The molecule has 11 heavy (non-hydrogen) atoms. The van der Waals surface area contributed by atoms with Gasteiger partial charge in [-0.25, -0.2) is 0 Å². The number of hydrogen-bond acceptors (Lipinski definition) is 3. The molecule has 0 saturated carbocycles. The number of rotatable bonds is 1. The molecule has 0 aliphatic heterocycles. The Bertz CT molecular complexity index is 258. The summed E-state index contributed by atoms with van der Waals surface area (Å²) in [6.07, 6.45) is 0. The maximum absolute atomic E-state index is 9.30. The highest BCUT2D eigenvalue weighted by atomic mass is 16.3. The number of phenols is 1. The van der Waals surface area contributed by atoms with Crippen LogP contribution in [0.15, 0.2) is 18.2 Å². The minimum Gasteiger partial charge on any atom is -0.508 e. The van der Waals surface area contributed by atoms with Crippen LogP contribution in [0.2, 0.25) is 0 Å². The molecule has 0 aliphatic carbocycles. The molecular formula is C8H12N2O. The molecule has 0 fully saturated rings. The molecule has 5 N–H and O–H groups in total. The second kappa shape index (κ2) is 2.80. The fourth-order valence-electron chi connectivity index (χ4n) is 0.946. The van der Waals surface area contributed by atoms with Gasteiger partial charge in [0.05, 0.1) is 0 Å². The number of hydrogen-bond donors (Lipinski definition) is 3. The number of benzene rings is 1. The topological polar surface area (TPSA) is 72.3 Å². The van der Waals surface area contributed by atoms with Gasteiger partial charge >= 0.3 is 0 Å². The van der Waals surface area contributed by atoms with Gasteiger partial charge < -0.3 is 16.6 Å². The molecule has 0 heterocycles. The number of nitrogens with two attached hydrogens (primary N) is 2. The van der Waals surface area contributed by atoms with E-state index >= 15 is 0 Å². The van der Waals surface area contributed by atoms with Crippen LogP contribution < -0.4 is 11.5 Å². The third-order valence-electron chi connectivity index (χ3n) is 1.55. The van der Waals surface area contributed by atoms with Crippen molar-refractivity contribution in [2.75, 3.05) is 5.73 Å². The second-order valence-electron chi connectivity index (χ2n) is 2.61. The Labute approximate surface area is 65.6 Å². The van der Waals surface area contributed by atoms with Crippen molar-refractivity contribution >= 4 is 5.69 Å². The summed E-state index contributed by atoms with van der Waals surface area (Å²) in [6, 6.07) is 4.79. The van der Waals surface area contributed by atoms with Crippen LogP contribution in [0.1, 0.15) is 18.5 Å². The van der Waals surface area contributed by atoms with E-state index in [0.29, 0.717) is 5.69 Å². The van der Waals surface area contributed by atoms with Crippen LogP contribution in [0.3, 0.4) is 0 Å². The van der Waals surface area contributed by atoms with Gasteiger partial charge in [0, 0.05) is 23.4 Å². The van der Waals surface area contributed by atoms with Gasteiger partial charge in [0.15, 0.2) is 0 Å². The zero-order valence-corrected chi connectivity index (χ0v) is 6.41. The number of phenolic OH excluding ortho intramolecular Hbond substituents is 1. The molecule has 0 spiro atoms. The van der Waals surface area contributed by atoms with Crippen LogP contribution in [0.25, 0.3) is 0 Å². The normalized spacial score (nSPS) is 12.9. The molecule has 1 aromatic rings. The predicted molar refractivity (Wildman–Crippen MR) is 45.1 cm³/mol. The van der Waals surface area contributed by atoms with Crippen molar-refractivity contribution in [2.45, 2.75) is 13.0 Å². The molecule has 60 valence electrons. The van der Waals surface area contributed by atoms with E-state index in [1.807, 2.05) is 6.92 Å². The van der Waals surface area contributed by atoms with Gasteiger partial charge in [0.1, 0.15) is 5.75 Å². The van der Waals surface area contributed by atoms with Crippen molar-refractivity contribution in [3.63, 3.8) is 0 Å². The lowest BCUT2D eigenvalue weighted by atomic mass is 10.1. The third kappa shape index (κ3) is 1.62. The molecule has 0 radical (unpaired) electrons. The minimum atomic E-state index is -0.157. The monoisotopic (exact) mass is 152 g/mol. The fourth-order valence-corrected chi connectivity index (χ4v) is 0.946. The van der Waals surface area contributed by atoms with Gasteiger partial charge in [-0.15, -0.1) is 0 Å². The Balaban J connectivity index is 3.09. The first kappa shape index (κ1) is 7.88. The van der Waals surface area contributed by atoms with Gasteiger partial charge in [0.25, 0.3) is 0 Å². The lowest BCUT2D eigenvalue weighted by Gasteiger charge is -2.07. The van der Waals surface area contributed by atoms with Crippen LogP contribution in [0.5, 0.6) is 5.75 Å². The minimum absolute atomic E-state index is 0.157. The average Bonchev–Trinajstić information content (AvgIpc) is 1.85. The Hall–Kier alpha value is -1.22. The van der Waals surface area contributed by atoms with E-state index < -0.39 is 0 Å². The van der Waals surface area contributed by atoms with E-state index in [1.165, 1.54) is 6.07 Å². The SMILES string of the molecule is C[C@@H](N)c1ccc(N)cc1O. The Morgan fingerprint density at radius 2 is 2.09 bits per heavy atom. The summed E-state index contributed by atoms with van der Waals surface area (Å²) in [5.74, 6) is 0.167. The van der Waals surface area contributed by atoms with Gasteiger partial charge in [0.2, 0.25) is 0 Å². The zero-order valence-electron chi connectivity index (χ0n) is 6.41. The number of nitrogen functional groups attached to an aromatic ring is 1. The largest absolute Gasteiger partial charge is 0.508 e. The molecule has 0 unspecified atom stereocenters. The summed E-state index contributed by atoms with van der Waals surface area (Å²) in [6.45, 7) is 1.81. The first-order valence-corrected chi connectivity index (χ1v) is 3.45. The summed E-state index contributed by atoms with van der Waals surface area (Å²) < 4.78 is 0. The van der Waals surface area contributed by atoms with E-state index in [1.54, 1.807) is 12.1 Å². The highest BCUT2D eigenvalue weighted by molar-refractivity contribution is 5.48. The molecular weight excluding hydrogens is 140 g/mol. The fraction of sp³-hybridized carbons (Fsp3) is 0.250. The molecule has 0 bridgehead atoms. The molecule has 0 saturated heterocycles. The third-order valence-corrected chi connectivity index (χ3v) is 1.55. The molecule has 3 heteroatoms. The maximum Gasteiger partial charge on any atom is 0.122 e. The van der Waals surface area contributed by atoms with E-state index in [0.717, 1.165) is 5.56 Å². The first-order valence-electron chi connectivity index (χ1n) is 3.45. The number of anilines is 1. The van der Waals surface area contributed by atoms with Crippen molar-refractivity contribution < 1.29 is 5.11 Å². The summed E-state index contributed by atoms with van der Waals surface area (Å²) in [5.41, 5.74) is 12.3. The molecule has 0 amide bonds. The molecule has 1 aromatic carbocycles. The van der Waals surface area contributed by atoms with E-state index in [9.17, 15) is 5.11 Å². The Kier molecular flexibility index (Phi) is 2.01. The van der Waals surface area contributed by atoms with Crippen LogP contribution >= 0.6 is 0 Å². The number of aromatic hydroxyl groups is 1. The van der Waals surface area contributed by atoms with E-state index in [4.69, 9.17) is 11.5 Å². The molecule has 3 nitrogen and oxygen atoms in total. The summed E-state index contributed by atoms with van der Waals surface area (Å²) in [4.78, 5) is 0. The maximum atomic E-state index is 9.30. The molecule has 1 atom stereocenters. The summed E-state index contributed by atoms with van der Waals surface area (Å²) in [7, 11) is 0. The zero-order chi connectivity index (χ0) is 8.43. The van der Waals surface area contributed by atoms with Crippen molar-refractivity contribution in [1.82, 2.24) is 0 Å². The highest BCUT2D eigenvalue weighted by Gasteiger charge is 2.04. The quantitative estimate of drug-likeness (QED) is 0.525. The highest BCUT2D eigenvalue weighted by Crippen LogP contribution is 2.24. The van der Waals surface area contributed by atoms with Crippen LogP contribution in [-0.2, 0) is 0 Å². The lowest BCUT2D eigenvalue weighted by Crippen LogP contribution is -2.05. The molecule has 0 aliphatic rings. The van der Waals surface area contributed by atoms with Gasteiger partial charge in [-0.1, -0.05) is 6.07 Å². The van der Waals surface area contributed by atoms with E-state index in [-0.39, 0.29) is 11.8 Å². The summed E-state index contributed by atoms with van der Waals surface area (Å²) >= 11 is 0. The first-order chi connectivity index (χ1) is 5.11. The predicted octanol–water partition coefficient (Wildman–Crippen LogP) is 0.994. The lowest BCUT2D eigenvalue weighted by molar-refractivity contribution is 0.464. The van der Waals surface area contributed by atoms with Crippen LogP contribution in [-0.4, -0.2) is 5.11 Å². The van der Waals surface area contributed by atoms with Crippen molar-refractivity contribution in [2.24, 2.45) is 5.73 Å².